The minimum Gasteiger partial charge on any atom is -0.481 e. The Morgan fingerprint density at radius 1 is 0.929 bits per heavy atom. The van der Waals surface area contributed by atoms with Gasteiger partial charge in [0, 0.05) is 0 Å². The van der Waals surface area contributed by atoms with E-state index in [9.17, 15) is 9.59 Å². The number of carboxylic acid groups (broad SMARTS) is 2. The van der Waals surface area contributed by atoms with Crippen molar-refractivity contribution in [2.24, 2.45) is 23.7 Å². The summed E-state index contributed by atoms with van der Waals surface area (Å²) in [6, 6.07) is 0. The van der Waals surface area contributed by atoms with Crippen molar-refractivity contribution >= 4 is 11.9 Å². The zero-order chi connectivity index (χ0) is 10.9. The van der Waals surface area contributed by atoms with Gasteiger partial charge in [0.15, 0.2) is 0 Å². The lowest BCUT2D eigenvalue weighted by Gasteiger charge is -1.79. The molecule has 4 heteroatoms. The van der Waals surface area contributed by atoms with Crippen molar-refractivity contribution in [3.8, 4) is 0 Å². The standard InChI is InChI=1S/2C5H8O2/c2*1-3-2-4(3)5(6)7/h2*3-4H,2H2,1H3,(H,6,7). The van der Waals surface area contributed by atoms with Crippen LogP contribution in [0.4, 0.5) is 0 Å². The van der Waals surface area contributed by atoms with E-state index in [1.54, 1.807) is 0 Å². The molecule has 0 heterocycles. The summed E-state index contributed by atoms with van der Waals surface area (Å²) < 4.78 is 0. The summed E-state index contributed by atoms with van der Waals surface area (Å²) in [6.07, 6.45) is 1.77. The van der Waals surface area contributed by atoms with Crippen LogP contribution in [0.15, 0.2) is 0 Å². The second-order valence-corrected chi connectivity index (χ2v) is 4.32. The van der Waals surface area contributed by atoms with Gasteiger partial charge in [0.25, 0.3) is 0 Å². The first kappa shape index (κ1) is 11.0. The van der Waals surface area contributed by atoms with Crippen molar-refractivity contribution in [1.29, 1.82) is 0 Å². The minimum atomic E-state index is -0.632. The van der Waals surface area contributed by atoms with Gasteiger partial charge in [0.2, 0.25) is 0 Å². The van der Waals surface area contributed by atoms with Gasteiger partial charge in [-0.25, -0.2) is 0 Å². The molecule has 2 N–H and O–H groups in total. The maximum absolute atomic E-state index is 9.97. The predicted octanol–water partition coefficient (Wildman–Crippen LogP) is 1.45. The summed E-state index contributed by atoms with van der Waals surface area (Å²) in [7, 11) is 0. The number of carbonyl (C=O) groups is 2. The van der Waals surface area contributed by atoms with Crippen LogP contribution >= 0.6 is 0 Å². The topological polar surface area (TPSA) is 74.6 Å². The Morgan fingerprint density at radius 2 is 1.14 bits per heavy atom. The maximum Gasteiger partial charge on any atom is 0.306 e. The van der Waals surface area contributed by atoms with E-state index in [-0.39, 0.29) is 11.8 Å². The zero-order valence-electron chi connectivity index (χ0n) is 8.43. The van der Waals surface area contributed by atoms with Gasteiger partial charge in [0.05, 0.1) is 11.8 Å². The molecule has 0 aliphatic heterocycles. The predicted molar refractivity (Wildman–Crippen MR) is 49.8 cm³/mol. The lowest BCUT2D eigenvalue weighted by molar-refractivity contribution is -0.139. The van der Waals surface area contributed by atoms with Crippen LogP contribution in [0.25, 0.3) is 0 Å². The summed E-state index contributed by atoms with van der Waals surface area (Å²) in [5, 5.41) is 16.4. The average Bonchev–Trinajstić information content (AvgIpc) is 2.90. The summed E-state index contributed by atoms with van der Waals surface area (Å²) >= 11 is 0. The second-order valence-electron chi connectivity index (χ2n) is 4.32. The molecule has 0 amide bonds. The van der Waals surface area contributed by atoms with E-state index >= 15 is 0 Å². The Balaban J connectivity index is 0.000000140. The van der Waals surface area contributed by atoms with Gasteiger partial charge in [-0.3, -0.25) is 9.59 Å². The molecule has 0 aromatic rings. The Bertz CT molecular complexity index is 223. The monoisotopic (exact) mass is 200 g/mol. The van der Waals surface area contributed by atoms with Gasteiger partial charge in [-0.2, -0.15) is 0 Å². The van der Waals surface area contributed by atoms with E-state index < -0.39 is 11.9 Å². The number of carboxylic acids is 2. The third-order valence-electron chi connectivity index (χ3n) is 2.85. The van der Waals surface area contributed by atoms with E-state index in [0.29, 0.717) is 11.8 Å². The Kier molecular flexibility index (Phi) is 3.13. The van der Waals surface area contributed by atoms with Gasteiger partial charge in [-0.15, -0.1) is 0 Å². The number of hydrogen-bond donors (Lipinski definition) is 2. The molecule has 80 valence electrons. The highest BCUT2D eigenvalue weighted by Gasteiger charge is 2.39. The molecule has 4 atom stereocenters. The third-order valence-corrected chi connectivity index (χ3v) is 2.85. The molecule has 0 saturated heterocycles. The number of hydrogen-bond acceptors (Lipinski definition) is 2. The summed E-state index contributed by atoms with van der Waals surface area (Å²) in [5.41, 5.74) is 0. The molecule has 14 heavy (non-hydrogen) atoms. The SMILES string of the molecule is CC1CC1C(=O)O.CC1CC1C(=O)O. The Hall–Kier alpha value is -1.06. The molecule has 0 aromatic heterocycles. The minimum absolute atomic E-state index is 0.0139. The van der Waals surface area contributed by atoms with Crippen LogP contribution in [0.5, 0.6) is 0 Å². The summed E-state index contributed by atoms with van der Waals surface area (Å²) in [6.45, 7) is 3.91. The molecule has 0 bridgehead atoms. The van der Waals surface area contributed by atoms with Crippen LogP contribution in [-0.4, -0.2) is 22.2 Å². The lowest BCUT2D eigenvalue weighted by atomic mass is 10.3. The molecule has 0 aromatic carbocycles. The fourth-order valence-corrected chi connectivity index (χ4v) is 1.33. The number of rotatable bonds is 2. The van der Waals surface area contributed by atoms with Gasteiger partial charge in [-0.05, 0) is 24.7 Å². The van der Waals surface area contributed by atoms with Crippen LogP contribution in [0.3, 0.4) is 0 Å². The fraction of sp³-hybridized carbons (Fsp3) is 0.800. The average molecular weight is 200 g/mol. The first-order valence-electron chi connectivity index (χ1n) is 4.89. The molecular formula is C10H16O4. The smallest absolute Gasteiger partial charge is 0.306 e. The van der Waals surface area contributed by atoms with Crippen molar-refractivity contribution in [2.75, 3.05) is 0 Å². The highest BCUT2D eigenvalue weighted by Crippen LogP contribution is 2.37. The van der Waals surface area contributed by atoms with Crippen LogP contribution in [0.2, 0.25) is 0 Å². The van der Waals surface area contributed by atoms with E-state index in [1.807, 2.05) is 13.8 Å². The first-order valence-corrected chi connectivity index (χ1v) is 4.89. The summed E-state index contributed by atoms with van der Waals surface area (Å²) in [5.74, 6) is -0.407. The van der Waals surface area contributed by atoms with Crippen LogP contribution in [0, 0.1) is 23.7 Å². The molecule has 0 radical (unpaired) electrons. The molecule has 2 aliphatic carbocycles. The fourth-order valence-electron chi connectivity index (χ4n) is 1.33. The number of aliphatic carboxylic acids is 2. The largest absolute Gasteiger partial charge is 0.481 e. The van der Waals surface area contributed by atoms with Crippen molar-refractivity contribution < 1.29 is 19.8 Å². The molecule has 2 rings (SSSR count). The molecule has 2 saturated carbocycles. The van der Waals surface area contributed by atoms with Crippen LogP contribution in [0.1, 0.15) is 26.7 Å². The summed E-state index contributed by atoms with van der Waals surface area (Å²) in [4.78, 5) is 19.9. The van der Waals surface area contributed by atoms with Gasteiger partial charge in [0.1, 0.15) is 0 Å². The molecule has 4 unspecified atom stereocenters. The Morgan fingerprint density at radius 3 is 1.14 bits per heavy atom. The van der Waals surface area contributed by atoms with Crippen molar-refractivity contribution in [3.63, 3.8) is 0 Å². The maximum atomic E-state index is 9.97. The molecular weight excluding hydrogens is 184 g/mol. The quantitative estimate of drug-likeness (QED) is 0.707. The van der Waals surface area contributed by atoms with E-state index in [2.05, 4.69) is 0 Å². The molecule has 2 aliphatic rings. The molecule has 2 fully saturated rings. The van der Waals surface area contributed by atoms with Crippen molar-refractivity contribution in [1.82, 2.24) is 0 Å². The molecule has 4 nitrogen and oxygen atoms in total. The second kappa shape index (κ2) is 3.98. The highest BCUT2D eigenvalue weighted by molar-refractivity contribution is 5.73. The highest BCUT2D eigenvalue weighted by atomic mass is 16.4. The van der Waals surface area contributed by atoms with Crippen LogP contribution in [-0.2, 0) is 9.59 Å². The third kappa shape index (κ3) is 3.01. The van der Waals surface area contributed by atoms with E-state index in [4.69, 9.17) is 10.2 Å². The Labute approximate surface area is 82.9 Å². The van der Waals surface area contributed by atoms with Crippen molar-refractivity contribution in [3.05, 3.63) is 0 Å². The van der Waals surface area contributed by atoms with Gasteiger partial charge in [-0.1, -0.05) is 13.8 Å². The zero-order valence-corrected chi connectivity index (χ0v) is 8.43. The van der Waals surface area contributed by atoms with E-state index in [0.717, 1.165) is 12.8 Å². The molecule has 0 spiro atoms. The lowest BCUT2D eigenvalue weighted by Crippen LogP contribution is -1.97. The van der Waals surface area contributed by atoms with Crippen LogP contribution < -0.4 is 0 Å². The van der Waals surface area contributed by atoms with E-state index in [1.165, 1.54) is 0 Å². The van der Waals surface area contributed by atoms with Crippen molar-refractivity contribution in [2.45, 2.75) is 26.7 Å². The normalized spacial score (nSPS) is 37.9. The first-order chi connectivity index (χ1) is 6.43. The van der Waals surface area contributed by atoms with Gasteiger partial charge >= 0.3 is 11.9 Å². The van der Waals surface area contributed by atoms with Gasteiger partial charge < -0.3 is 10.2 Å².